The van der Waals surface area contributed by atoms with Crippen LogP contribution in [0, 0.1) is 5.41 Å². The first-order valence-electron chi connectivity index (χ1n) is 6.92. The van der Waals surface area contributed by atoms with Gasteiger partial charge in [0.15, 0.2) is 0 Å². The molecule has 0 heterocycles. The summed E-state index contributed by atoms with van der Waals surface area (Å²) < 4.78 is 5.10. The summed E-state index contributed by atoms with van der Waals surface area (Å²) in [6, 6.07) is 7.52. The Balaban J connectivity index is 2.58. The van der Waals surface area contributed by atoms with Crippen LogP contribution in [0.15, 0.2) is 24.3 Å². The molecule has 112 valence electrons. The molecular formula is C16H25NO3. The number of carbonyl (C=O) groups excluding carboxylic acids is 1. The fraction of sp³-hybridized carbons (Fsp3) is 0.562. The van der Waals surface area contributed by atoms with Crippen LogP contribution in [0.25, 0.3) is 0 Å². The molecule has 0 saturated heterocycles. The third kappa shape index (κ3) is 4.85. The number of aliphatic hydroxyl groups is 1. The van der Waals surface area contributed by atoms with E-state index in [0.717, 1.165) is 11.3 Å². The number of amides is 1. The zero-order chi connectivity index (χ0) is 15.2. The summed E-state index contributed by atoms with van der Waals surface area (Å²) in [5.41, 5.74) is 0.868. The molecule has 0 aromatic heterocycles. The highest BCUT2D eigenvalue weighted by Crippen LogP contribution is 2.21. The van der Waals surface area contributed by atoms with Crippen LogP contribution in [-0.2, 0) is 4.79 Å². The molecule has 0 fully saturated rings. The quantitative estimate of drug-likeness (QED) is 0.805. The maximum Gasteiger partial charge on any atom is 0.227 e. The molecule has 1 rings (SSSR count). The minimum atomic E-state index is -0.203. The summed E-state index contributed by atoms with van der Waals surface area (Å²) in [7, 11) is 1.62. The molecular weight excluding hydrogens is 254 g/mol. The minimum absolute atomic E-state index is 0.00109. The number of nitrogens with one attached hydrogen (secondary N) is 1. The van der Waals surface area contributed by atoms with E-state index in [0.29, 0.717) is 13.0 Å². The van der Waals surface area contributed by atoms with E-state index in [-0.39, 0.29) is 23.8 Å². The van der Waals surface area contributed by atoms with E-state index < -0.39 is 0 Å². The maximum atomic E-state index is 12.1. The second-order valence-corrected chi connectivity index (χ2v) is 5.85. The average Bonchev–Trinajstić information content (AvgIpc) is 2.44. The van der Waals surface area contributed by atoms with Crippen LogP contribution in [0.4, 0.5) is 0 Å². The third-order valence-corrected chi connectivity index (χ3v) is 3.54. The van der Waals surface area contributed by atoms with Crippen molar-refractivity contribution < 1.29 is 14.6 Å². The van der Waals surface area contributed by atoms with E-state index >= 15 is 0 Å². The standard InChI is InChI=1S/C16H25NO3/c1-12(13-5-7-14(20-4)8-6-13)15(19)17-11-16(2,3)9-10-18/h5-8,12,18H,9-11H2,1-4H3,(H,17,19). The first kappa shape index (κ1) is 16.5. The molecule has 4 nitrogen and oxygen atoms in total. The van der Waals surface area contributed by atoms with Crippen molar-refractivity contribution in [2.24, 2.45) is 5.41 Å². The number of rotatable bonds is 7. The van der Waals surface area contributed by atoms with Gasteiger partial charge in [-0.3, -0.25) is 4.79 Å². The van der Waals surface area contributed by atoms with E-state index in [1.807, 2.05) is 45.0 Å². The third-order valence-electron chi connectivity index (χ3n) is 3.54. The van der Waals surface area contributed by atoms with E-state index in [4.69, 9.17) is 9.84 Å². The maximum absolute atomic E-state index is 12.1. The van der Waals surface area contributed by atoms with Gasteiger partial charge in [0.25, 0.3) is 0 Å². The van der Waals surface area contributed by atoms with E-state index in [1.54, 1.807) is 7.11 Å². The van der Waals surface area contributed by atoms with Crippen LogP contribution < -0.4 is 10.1 Å². The normalized spacial score (nSPS) is 12.8. The number of methoxy groups -OCH3 is 1. The van der Waals surface area contributed by atoms with Crippen molar-refractivity contribution in [3.8, 4) is 5.75 Å². The van der Waals surface area contributed by atoms with Crippen molar-refractivity contribution in [1.29, 1.82) is 0 Å². The number of carbonyl (C=O) groups is 1. The van der Waals surface area contributed by atoms with Gasteiger partial charge in [-0.05, 0) is 36.5 Å². The van der Waals surface area contributed by atoms with Crippen molar-refractivity contribution in [3.05, 3.63) is 29.8 Å². The van der Waals surface area contributed by atoms with Gasteiger partial charge in [0.2, 0.25) is 5.91 Å². The molecule has 0 bridgehead atoms. The number of hydrogen-bond acceptors (Lipinski definition) is 3. The predicted octanol–water partition coefficient (Wildman–Crippen LogP) is 2.32. The lowest BCUT2D eigenvalue weighted by molar-refractivity contribution is -0.122. The van der Waals surface area contributed by atoms with Crippen molar-refractivity contribution >= 4 is 5.91 Å². The van der Waals surface area contributed by atoms with Crippen LogP contribution in [0.3, 0.4) is 0 Å². The smallest absolute Gasteiger partial charge is 0.227 e. The lowest BCUT2D eigenvalue weighted by Crippen LogP contribution is -2.36. The van der Waals surface area contributed by atoms with Gasteiger partial charge in [-0.2, -0.15) is 0 Å². The monoisotopic (exact) mass is 279 g/mol. The predicted molar refractivity (Wildman–Crippen MR) is 79.9 cm³/mol. The van der Waals surface area contributed by atoms with Gasteiger partial charge in [0.1, 0.15) is 5.75 Å². The van der Waals surface area contributed by atoms with Gasteiger partial charge in [-0.1, -0.05) is 26.0 Å². The van der Waals surface area contributed by atoms with Crippen LogP contribution in [0.5, 0.6) is 5.75 Å². The summed E-state index contributed by atoms with van der Waals surface area (Å²) in [6.07, 6.45) is 0.671. The molecule has 1 aromatic carbocycles. The number of ether oxygens (including phenoxy) is 1. The molecule has 0 spiro atoms. The SMILES string of the molecule is COc1ccc(C(C)C(=O)NCC(C)(C)CCO)cc1. The Hall–Kier alpha value is -1.55. The summed E-state index contributed by atoms with van der Waals surface area (Å²) in [6.45, 7) is 6.64. The summed E-state index contributed by atoms with van der Waals surface area (Å²) in [5, 5.41) is 11.9. The van der Waals surface area contributed by atoms with Crippen LogP contribution in [0.2, 0.25) is 0 Å². The number of hydrogen-bond donors (Lipinski definition) is 2. The fourth-order valence-corrected chi connectivity index (χ4v) is 1.91. The lowest BCUT2D eigenvalue weighted by Gasteiger charge is -2.25. The van der Waals surface area contributed by atoms with Crippen molar-refractivity contribution in [2.75, 3.05) is 20.3 Å². The number of benzene rings is 1. The Bertz CT molecular complexity index is 426. The molecule has 1 atom stereocenters. The average molecular weight is 279 g/mol. The lowest BCUT2D eigenvalue weighted by atomic mass is 9.89. The highest BCUT2D eigenvalue weighted by molar-refractivity contribution is 5.83. The van der Waals surface area contributed by atoms with E-state index in [1.165, 1.54) is 0 Å². The largest absolute Gasteiger partial charge is 0.497 e. The molecule has 2 N–H and O–H groups in total. The molecule has 0 aliphatic heterocycles. The van der Waals surface area contributed by atoms with Crippen LogP contribution in [0.1, 0.15) is 38.7 Å². The Morgan fingerprint density at radius 3 is 2.45 bits per heavy atom. The van der Waals surface area contributed by atoms with Crippen molar-refractivity contribution in [1.82, 2.24) is 5.32 Å². The highest BCUT2D eigenvalue weighted by Gasteiger charge is 2.21. The summed E-state index contributed by atoms with van der Waals surface area (Å²) in [5.74, 6) is 0.581. The van der Waals surface area contributed by atoms with Gasteiger partial charge in [-0.15, -0.1) is 0 Å². The van der Waals surface area contributed by atoms with Gasteiger partial charge >= 0.3 is 0 Å². The van der Waals surface area contributed by atoms with Gasteiger partial charge in [0.05, 0.1) is 13.0 Å². The zero-order valence-electron chi connectivity index (χ0n) is 12.8. The van der Waals surface area contributed by atoms with Gasteiger partial charge in [-0.25, -0.2) is 0 Å². The first-order valence-corrected chi connectivity index (χ1v) is 6.92. The summed E-state index contributed by atoms with van der Waals surface area (Å²) in [4.78, 5) is 12.1. The highest BCUT2D eigenvalue weighted by atomic mass is 16.5. The molecule has 0 aliphatic carbocycles. The second-order valence-electron chi connectivity index (χ2n) is 5.85. The molecule has 1 amide bonds. The van der Waals surface area contributed by atoms with Crippen LogP contribution >= 0.6 is 0 Å². The molecule has 0 saturated carbocycles. The Kier molecular flexibility index (Phi) is 6.02. The van der Waals surface area contributed by atoms with E-state index in [2.05, 4.69) is 5.32 Å². The van der Waals surface area contributed by atoms with E-state index in [9.17, 15) is 4.79 Å². The molecule has 0 aliphatic rings. The molecule has 1 aromatic rings. The van der Waals surface area contributed by atoms with Crippen LogP contribution in [-0.4, -0.2) is 31.3 Å². The Labute approximate surface area is 121 Å². The van der Waals surface area contributed by atoms with Gasteiger partial charge < -0.3 is 15.2 Å². The number of aliphatic hydroxyl groups excluding tert-OH is 1. The van der Waals surface area contributed by atoms with Gasteiger partial charge in [0, 0.05) is 13.2 Å². The Morgan fingerprint density at radius 1 is 1.35 bits per heavy atom. The second kappa shape index (κ2) is 7.29. The zero-order valence-corrected chi connectivity index (χ0v) is 12.8. The topological polar surface area (TPSA) is 58.6 Å². The minimum Gasteiger partial charge on any atom is -0.497 e. The summed E-state index contributed by atoms with van der Waals surface area (Å²) >= 11 is 0. The fourth-order valence-electron chi connectivity index (χ4n) is 1.91. The van der Waals surface area contributed by atoms with Crippen molar-refractivity contribution in [3.63, 3.8) is 0 Å². The molecule has 20 heavy (non-hydrogen) atoms. The molecule has 4 heteroatoms. The molecule has 1 unspecified atom stereocenters. The Morgan fingerprint density at radius 2 is 1.95 bits per heavy atom. The molecule has 0 radical (unpaired) electrons. The first-order chi connectivity index (χ1) is 9.39. The van der Waals surface area contributed by atoms with Crippen molar-refractivity contribution in [2.45, 2.75) is 33.1 Å².